The smallest absolute Gasteiger partial charge is 0.230 e. The highest BCUT2D eigenvalue weighted by Gasteiger charge is 2.38. The Bertz CT molecular complexity index is 461. The van der Waals surface area contributed by atoms with Crippen LogP contribution >= 0.6 is 15.9 Å². The minimum absolute atomic E-state index is 0.0192. The molecule has 1 aromatic carbocycles. The predicted molar refractivity (Wildman–Crippen MR) is 89.6 cm³/mol. The lowest BCUT2D eigenvalue weighted by Crippen LogP contribution is -2.34. The molecule has 0 radical (unpaired) electrons. The van der Waals surface area contributed by atoms with E-state index in [1.807, 2.05) is 18.2 Å². The number of rotatable bonds is 4. The molecule has 1 aliphatic heterocycles. The number of nitrogens with zero attached hydrogens (tertiary/aromatic N) is 1. The molecule has 0 N–H and O–H groups in total. The average Bonchev–Trinajstić information content (AvgIpc) is 2.97. The number of hydrogen-bond donors (Lipinski definition) is 0. The lowest BCUT2D eigenvalue weighted by Gasteiger charge is -2.23. The summed E-state index contributed by atoms with van der Waals surface area (Å²) in [5.41, 5.74) is 1.16. The van der Waals surface area contributed by atoms with E-state index in [0.717, 1.165) is 42.2 Å². The molecule has 3 heteroatoms. The topological polar surface area (TPSA) is 20.3 Å². The molecule has 114 valence electrons. The van der Waals surface area contributed by atoms with Crippen molar-refractivity contribution in [3.63, 3.8) is 0 Å². The van der Waals surface area contributed by atoms with E-state index in [-0.39, 0.29) is 5.92 Å². The van der Waals surface area contributed by atoms with Crippen LogP contribution in [0.2, 0.25) is 0 Å². The quantitative estimate of drug-likeness (QED) is 0.745. The fraction of sp³-hybridized carbons (Fsp3) is 0.611. The van der Waals surface area contributed by atoms with Crippen LogP contribution in [0.15, 0.2) is 30.3 Å². The monoisotopic (exact) mass is 349 g/mol. The van der Waals surface area contributed by atoms with Gasteiger partial charge in [0.05, 0.1) is 5.92 Å². The first-order valence-corrected chi connectivity index (χ1v) is 9.31. The van der Waals surface area contributed by atoms with Crippen molar-refractivity contribution < 1.29 is 4.79 Å². The van der Waals surface area contributed by atoms with Crippen LogP contribution in [-0.4, -0.2) is 29.2 Å². The zero-order valence-electron chi connectivity index (χ0n) is 12.5. The number of alkyl halides is 1. The fourth-order valence-corrected chi connectivity index (χ4v) is 4.49. The van der Waals surface area contributed by atoms with Gasteiger partial charge in [-0.25, -0.2) is 0 Å². The second kappa shape index (κ2) is 6.95. The number of likely N-dealkylation sites (tertiary alicyclic amines) is 1. The van der Waals surface area contributed by atoms with Crippen molar-refractivity contribution >= 4 is 21.8 Å². The Morgan fingerprint density at radius 3 is 2.33 bits per heavy atom. The highest BCUT2D eigenvalue weighted by atomic mass is 79.9. The Hall–Kier alpha value is -0.830. The zero-order chi connectivity index (χ0) is 14.7. The molecule has 21 heavy (non-hydrogen) atoms. The van der Waals surface area contributed by atoms with Gasteiger partial charge in [0.1, 0.15) is 0 Å². The minimum Gasteiger partial charge on any atom is -0.342 e. The van der Waals surface area contributed by atoms with Gasteiger partial charge in [-0.05, 0) is 36.7 Å². The molecule has 1 aromatic rings. The van der Waals surface area contributed by atoms with Crippen LogP contribution in [0, 0.1) is 11.8 Å². The van der Waals surface area contributed by atoms with Crippen molar-refractivity contribution in [3.05, 3.63) is 35.9 Å². The summed E-state index contributed by atoms with van der Waals surface area (Å²) in [5, 5.41) is 0.874. The summed E-state index contributed by atoms with van der Waals surface area (Å²) >= 11 is 3.51. The molecule has 1 heterocycles. The van der Waals surface area contributed by atoms with E-state index >= 15 is 0 Å². The Morgan fingerprint density at radius 2 is 1.76 bits per heavy atom. The van der Waals surface area contributed by atoms with E-state index in [9.17, 15) is 4.79 Å². The lowest BCUT2D eigenvalue weighted by molar-refractivity contribution is -0.132. The second-order valence-electron chi connectivity index (χ2n) is 6.49. The Kier molecular flexibility index (Phi) is 4.99. The normalized spacial score (nSPS) is 26.4. The molecular formula is C18H24BrNO. The van der Waals surface area contributed by atoms with E-state index in [0.29, 0.717) is 5.91 Å². The Balaban J connectivity index is 1.73. The number of benzene rings is 1. The van der Waals surface area contributed by atoms with Crippen molar-refractivity contribution in [2.24, 2.45) is 11.8 Å². The van der Waals surface area contributed by atoms with Crippen LogP contribution in [0.5, 0.6) is 0 Å². The molecule has 3 atom stereocenters. The molecule has 3 rings (SSSR count). The van der Waals surface area contributed by atoms with Crippen LogP contribution in [0.1, 0.15) is 43.6 Å². The first-order chi connectivity index (χ1) is 10.3. The van der Waals surface area contributed by atoms with Crippen LogP contribution in [0.3, 0.4) is 0 Å². The maximum absolute atomic E-state index is 13.0. The lowest BCUT2D eigenvalue weighted by atomic mass is 9.82. The number of amides is 1. The van der Waals surface area contributed by atoms with Gasteiger partial charge in [-0.3, -0.25) is 4.79 Å². The van der Waals surface area contributed by atoms with E-state index in [2.05, 4.69) is 33.0 Å². The molecule has 1 aliphatic carbocycles. The van der Waals surface area contributed by atoms with Crippen LogP contribution in [0.4, 0.5) is 0 Å². The van der Waals surface area contributed by atoms with Gasteiger partial charge in [0.25, 0.3) is 0 Å². The van der Waals surface area contributed by atoms with Gasteiger partial charge in [-0.15, -0.1) is 0 Å². The molecular weight excluding hydrogens is 326 g/mol. The summed E-state index contributed by atoms with van der Waals surface area (Å²) in [7, 11) is 0. The number of hydrogen-bond acceptors (Lipinski definition) is 1. The van der Waals surface area contributed by atoms with Gasteiger partial charge in [0.2, 0.25) is 5.91 Å². The maximum Gasteiger partial charge on any atom is 0.230 e. The predicted octanol–water partition coefficient (Wildman–Crippen LogP) is 4.20. The maximum atomic E-state index is 13.0. The van der Waals surface area contributed by atoms with Gasteiger partial charge in [0.15, 0.2) is 0 Å². The summed E-state index contributed by atoms with van der Waals surface area (Å²) < 4.78 is 0. The largest absolute Gasteiger partial charge is 0.342 e. The van der Waals surface area contributed by atoms with Crippen LogP contribution < -0.4 is 0 Å². The number of carbonyl (C=O) groups excluding carboxylic acids is 1. The van der Waals surface area contributed by atoms with E-state index in [1.165, 1.54) is 25.7 Å². The molecule has 2 fully saturated rings. The number of halogens is 1. The van der Waals surface area contributed by atoms with Gasteiger partial charge in [0, 0.05) is 18.4 Å². The third-order valence-corrected chi connectivity index (χ3v) is 5.64. The molecule has 1 amide bonds. The number of carbonyl (C=O) groups is 1. The summed E-state index contributed by atoms with van der Waals surface area (Å²) in [6.45, 7) is 1.99. The highest BCUT2D eigenvalue weighted by Crippen LogP contribution is 2.37. The van der Waals surface area contributed by atoms with E-state index < -0.39 is 0 Å². The van der Waals surface area contributed by atoms with Gasteiger partial charge >= 0.3 is 0 Å². The molecule has 1 saturated carbocycles. The highest BCUT2D eigenvalue weighted by molar-refractivity contribution is 9.09. The van der Waals surface area contributed by atoms with Crippen molar-refractivity contribution in [1.29, 1.82) is 0 Å². The van der Waals surface area contributed by atoms with Gasteiger partial charge < -0.3 is 4.90 Å². The van der Waals surface area contributed by atoms with Gasteiger partial charge in [-0.2, -0.15) is 0 Å². The molecule has 0 aromatic heterocycles. The third kappa shape index (κ3) is 3.33. The molecule has 0 bridgehead atoms. The molecule has 2 nitrogen and oxygen atoms in total. The summed E-state index contributed by atoms with van der Waals surface area (Å²) in [6, 6.07) is 10.3. The summed E-state index contributed by atoms with van der Waals surface area (Å²) in [5.74, 6) is 1.90. The van der Waals surface area contributed by atoms with E-state index in [1.54, 1.807) is 0 Å². The van der Waals surface area contributed by atoms with Crippen molar-refractivity contribution in [3.8, 4) is 0 Å². The zero-order valence-corrected chi connectivity index (χ0v) is 14.1. The second-order valence-corrected chi connectivity index (χ2v) is 7.28. The molecule has 0 spiro atoms. The SMILES string of the molecule is O=C(C(CCBr)c1ccccc1)N1CC2CCCCC2C1. The molecule has 2 aliphatic rings. The summed E-state index contributed by atoms with van der Waals surface area (Å²) in [4.78, 5) is 15.1. The third-order valence-electron chi connectivity index (χ3n) is 5.19. The van der Waals surface area contributed by atoms with Gasteiger partial charge in [-0.1, -0.05) is 59.1 Å². The minimum atomic E-state index is 0.0192. The number of fused-ring (bicyclic) bond motifs is 1. The fourth-order valence-electron chi connectivity index (χ4n) is 4.03. The summed E-state index contributed by atoms with van der Waals surface area (Å²) in [6.07, 6.45) is 6.24. The molecule has 1 saturated heterocycles. The van der Waals surface area contributed by atoms with Crippen molar-refractivity contribution in [2.45, 2.75) is 38.0 Å². The van der Waals surface area contributed by atoms with Crippen molar-refractivity contribution in [1.82, 2.24) is 4.90 Å². The van der Waals surface area contributed by atoms with E-state index in [4.69, 9.17) is 0 Å². The Labute approximate surface area is 136 Å². The standard InChI is InChI=1S/C18H24BrNO/c19-11-10-17(14-6-2-1-3-7-14)18(21)20-12-15-8-4-5-9-16(15)13-20/h1-3,6-7,15-17H,4-5,8-13H2. The van der Waals surface area contributed by atoms with Crippen LogP contribution in [0.25, 0.3) is 0 Å². The van der Waals surface area contributed by atoms with Crippen LogP contribution in [-0.2, 0) is 4.79 Å². The van der Waals surface area contributed by atoms with Crippen molar-refractivity contribution in [2.75, 3.05) is 18.4 Å². The Morgan fingerprint density at radius 1 is 1.14 bits per heavy atom. The first kappa shape index (κ1) is 15.1. The first-order valence-electron chi connectivity index (χ1n) is 8.19. The average molecular weight is 350 g/mol. The molecule has 3 unspecified atom stereocenters.